The van der Waals surface area contributed by atoms with Crippen LogP contribution < -0.4 is 0 Å². The zero-order valence-electron chi connectivity index (χ0n) is 3.66. The fourth-order valence-electron chi connectivity index (χ4n) is 0. The van der Waals surface area contributed by atoms with Crippen LogP contribution in [0.3, 0.4) is 0 Å². The molecule has 0 bridgehead atoms. The molecule has 0 rings (SSSR count). The standard InChI is InChI=1S/CH6B3F/c2-1-4(3)5/h1-3H2. The summed E-state index contributed by atoms with van der Waals surface area (Å²) in [7, 11) is 3.38. The maximum Gasteiger partial charge on any atom is 0.294 e. The van der Waals surface area contributed by atoms with Crippen LogP contribution in [0.15, 0.2) is 0 Å². The third-order valence-electron chi connectivity index (χ3n) is 0.563. The molecule has 0 aromatic heterocycles. The van der Waals surface area contributed by atoms with Crippen molar-refractivity contribution in [2.75, 3.05) is 0 Å². The molecule has 0 aliphatic carbocycles. The summed E-state index contributed by atoms with van der Waals surface area (Å²) in [5.74, 6) is 0. The molecule has 0 aliphatic heterocycles. The molecule has 26 valence electrons. The van der Waals surface area contributed by atoms with Gasteiger partial charge in [-0.3, -0.25) is 0 Å². The van der Waals surface area contributed by atoms with Crippen LogP contribution in [0.4, 0.5) is 4.32 Å². The summed E-state index contributed by atoms with van der Waals surface area (Å²) >= 11 is 0. The molecule has 5 heavy (non-hydrogen) atoms. The fourth-order valence-corrected chi connectivity index (χ4v) is 0. The number of rotatable bonds is 1. The normalized spacial score (nSPS) is 7.40. The molecule has 0 unspecified atom stereocenters. The largest absolute Gasteiger partial charge is 0.349 e. The summed E-state index contributed by atoms with van der Waals surface area (Å²) in [5, 5.41) is 0. The van der Waals surface area contributed by atoms with E-state index >= 15 is 0 Å². The van der Waals surface area contributed by atoms with Gasteiger partial charge < -0.3 is 4.32 Å². The van der Waals surface area contributed by atoms with Crippen molar-refractivity contribution in [2.24, 2.45) is 0 Å². The van der Waals surface area contributed by atoms with Gasteiger partial charge in [0.2, 0.25) is 0 Å². The highest BCUT2D eigenvalue weighted by atomic mass is 19.1. The molecule has 0 aromatic carbocycles. The van der Waals surface area contributed by atoms with Crippen molar-refractivity contribution in [1.82, 2.24) is 0 Å². The molecular formula is CH6B3F. The molecule has 0 heterocycles. The van der Waals surface area contributed by atoms with Gasteiger partial charge in [0, 0.05) is 0 Å². The molecular weight excluding hydrogens is 63.4 g/mol. The van der Waals surface area contributed by atoms with Crippen LogP contribution in [0.25, 0.3) is 0 Å². The van der Waals surface area contributed by atoms with Gasteiger partial charge in [-0.25, -0.2) is 0 Å². The first-order valence-electron chi connectivity index (χ1n) is 1.91. The van der Waals surface area contributed by atoms with E-state index in [-0.39, 0.29) is 0 Å². The molecule has 0 nitrogen and oxygen atoms in total. The molecule has 0 aromatic rings. The Morgan fingerprint density at radius 3 is 2.00 bits per heavy atom. The van der Waals surface area contributed by atoms with E-state index in [1.54, 1.807) is 7.74 Å². The number of halogens is 1. The summed E-state index contributed by atoms with van der Waals surface area (Å²) in [6.07, 6.45) is 0.639. The minimum Gasteiger partial charge on any atom is -0.349 e. The lowest BCUT2D eigenvalue weighted by molar-refractivity contribution is 0.863. The van der Waals surface area contributed by atoms with Crippen LogP contribution in [-0.4, -0.2) is 22.5 Å². The van der Waals surface area contributed by atoms with Crippen molar-refractivity contribution in [1.29, 1.82) is 0 Å². The molecule has 0 atom stereocenters. The second-order valence-corrected chi connectivity index (χ2v) is 1.19. The van der Waals surface area contributed by atoms with Crippen molar-refractivity contribution < 1.29 is 4.32 Å². The molecule has 4 heteroatoms. The van der Waals surface area contributed by atoms with Gasteiger partial charge in [-0.15, -0.1) is 0 Å². The first-order valence-corrected chi connectivity index (χ1v) is 1.91. The Labute approximate surface area is 34.1 Å². The zero-order chi connectivity index (χ0) is 4.28. The topological polar surface area (TPSA) is 0 Å². The second kappa shape index (κ2) is 2.37. The van der Waals surface area contributed by atoms with Gasteiger partial charge in [0.05, 0.1) is 7.85 Å². The lowest BCUT2D eigenvalue weighted by Gasteiger charge is -1.78. The Balaban J connectivity index is 2.54. The van der Waals surface area contributed by atoms with Gasteiger partial charge in [-0.1, -0.05) is 6.22 Å². The van der Waals surface area contributed by atoms with Gasteiger partial charge in [-0.05, 0) is 0 Å². The van der Waals surface area contributed by atoms with Gasteiger partial charge in [0.1, 0.15) is 7.74 Å². The predicted octanol–water partition coefficient (Wildman–Crippen LogP) is -1.33. The highest BCUT2D eigenvalue weighted by molar-refractivity contribution is 7.01. The summed E-state index contributed by atoms with van der Waals surface area (Å²) in [5.41, 5.74) is 0. The van der Waals surface area contributed by atoms with Gasteiger partial charge in [0.25, 0.3) is 6.88 Å². The second-order valence-electron chi connectivity index (χ2n) is 1.19. The number of hydrogen-bond acceptors (Lipinski definition) is 0. The SMILES string of the molecule is BCB(B)F. The Morgan fingerprint density at radius 1 is 1.80 bits per heavy atom. The molecule has 0 saturated heterocycles. The van der Waals surface area contributed by atoms with E-state index in [1.807, 2.05) is 7.85 Å². The monoisotopic (exact) mass is 70.1 g/mol. The smallest absolute Gasteiger partial charge is 0.294 e. The summed E-state index contributed by atoms with van der Waals surface area (Å²) in [6.45, 7) is -0.616. The summed E-state index contributed by atoms with van der Waals surface area (Å²) in [4.78, 5) is 0. The van der Waals surface area contributed by atoms with Gasteiger partial charge in [0.15, 0.2) is 0 Å². The molecule has 0 radical (unpaired) electrons. The van der Waals surface area contributed by atoms with Gasteiger partial charge >= 0.3 is 0 Å². The molecule has 0 N–H and O–H groups in total. The van der Waals surface area contributed by atoms with E-state index in [1.165, 1.54) is 0 Å². The van der Waals surface area contributed by atoms with Crippen molar-refractivity contribution in [3.8, 4) is 0 Å². The first kappa shape index (κ1) is 5.12. The zero-order valence-corrected chi connectivity index (χ0v) is 3.66. The van der Waals surface area contributed by atoms with E-state index in [2.05, 4.69) is 0 Å². The summed E-state index contributed by atoms with van der Waals surface area (Å²) in [6, 6.07) is 0. The van der Waals surface area contributed by atoms with Crippen LogP contribution in [-0.2, 0) is 0 Å². The Hall–Kier alpha value is 0.125. The van der Waals surface area contributed by atoms with Crippen molar-refractivity contribution in [2.45, 2.75) is 6.22 Å². The lowest BCUT2D eigenvalue weighted by Crippen LogP contribution is -2.02. The predicted molar refractivity (Wildman–Crippen MR) is 28.8 cm³/mol. The van der Waals surface area contributed by atoms with Crippen LogP contribution in [0.2, 0.25) is 6.22 Å². The quantitative estimate of drug-likeness (QED) is 0.335. The van der Waals surface area contributed by atoms with Crippen molar-refractivity contribution >= 4 is 22.5 Å². The van der Waals surface area contributed by atoms with E-state index in [9.17, 15) is 4.32 Å². The van der Waals surface area contributed by atoms with Gasteiger partial charge in [-0.2, -0.15) is 0 Å². The maximum absolute atomic E-state index is 11.4. The third kappa shape index (κ3) is 4.12. The van der Waals surface area contributed by atoms with E-state index < -0.39 is 6.88 Å². The van der Waals surface area contributed by atoms with Crippen LogP contribution in [0.1, 0.15) is 0 Å². The van der Waals surface area contributed by atoms with E-state index in [0.717, 1.165) is 0 Å². The lowest BCUT2D eigenvalue weighted by atomic mass is 9.44. The highest BCUT2D eigenvalue weighted by Gasteiger charge is 1.95. The van der Waals surface area contributed by atoms with Crippen LogP contribution in [0.5, 0.6) is 0 Å². The Morgan fingerprint density at radius 2 is 2.00 bits per heavy atom. The molecule has 0 spiro atoms. The summed E-state index contributed by atoms with van der Waals surface area (Å²) < 4.78 is 11.4. The van der Waals surface area contributed by atoms with Crippen LogP contribution >= 0.6 is 0 Å². The minimum atomic E-state index is -0.616. The third-order valence-corrected chi connectivity index (χ3v) is 0.563. The van der Waals surface area contributed by atoms with E-state index in [0.29, 0.717) is 6.22 Å². The molecule has 0 fully saturated rings. The molecule has 0 aliphatic rings. The Kier molecular flexibility index (Phi) is 2.43. The molecule has 0 saturated carbocycles. The van der Waals surface area contributed by atoms with Crippen molar-refractivity contribution in [3.63, 3.8) is 0 Å². The maximum atomic E-state index is 11.4. The van der Waals surface area contributed by atoms with Crippen LogP contribution in [0, 0.1) is 0 Å². The van der Waals surface area contributed by atoms with E-state index in [4.69, 9.17) is 0 Å². The Bertz CT molecular complexity index is 20.9. The average Bonchev–Trinajstić information content (AvgIpc) is 1.38. The first-order chi connectivity index (χ1) is 2.27. The minimum absolute atomic E-state index is 0.616. The highest BCUT2D eigenvalue weighted by Crippen LogP contribution is 1.76. The van der Waals surface area contributed by atoms with Crippen molar-refractivity contribution in [3.05, 3.63) is 0 Å². The molecule has 0 amide bonds. The fraction of sp³-hybridized carbons (Fsp3) is 1.00. The average molecular weight is 69.5 g/mol. The number of hydrogen-bond donors (Lipinski definition) is 0.